The molecule has 0 N–H and O–H groups in total. The van der Waals surface area contributed by atoms with Crippen molar-refractivity contribution in [2.24, 2.45) is 0 Å². The van der Waals surface area contributed by atoms with Crippen LogP contribution in [0.5, 0.6) is 0 Å². The Balaban J connectivity index is -0.000000175. The molecule has 0 radical (unpaired) electrons. The van der Waals surface area contributed by atoms with E-state index >= 15 is 0 Å². The van der Waals surface area contributed by atoms with Crippen molar-refractivity contribution in [3.05, 3.63) is 12.7 Å². The maximum absolute atomic E-state index is 11.9. The van der Waals surface area contributed by atoms with Crippen LogP contribution in [0.1, 0.15) is 35.1 Å². The van der Waals surface area contributed by atoms with Crippen LogP contribution in [-0.4, -0.2) is 48.9 Å². The Kier molecular flexibility index (Phi) is 32.6. The third-order valence-electron chi connectivity index (χ3n) is 2.25. The van der Waals surface area contributed by atoms with E-state index in [2.05, 4.69) is 66.7 Å². The second-order valence-electron chi connectivity index (χ2n) is 4.30. The second-order valence-corrected chi connectivity index (χ2v) is 10.4. The van der Waals surface area contributed by atoms with E-state index in [0.29, 0.717) is 32.6 Å². The summed E-state index contributed by atoms with van der Waals surface area (Å²) in [5.74, 6) is 0. The third kappa shape index (κ3) is 22.5. The van der Waals surface area contributed by atoms with Crippen LogP contribution in [0.4, 0.5) is 0 Å². The molecule has 0 fully saturated rings. The summed E-state index contributed by atoms with van der Waals surface area (Å²) in [5.41, 5.74) is 0. The van der Waals surface area contributed by atoms with Crippen LogP contribution < -0.4 is 0 Å². The summed E-state index contributed by atoms with van der Waals surface area (Å²) in [6.45, 7) is 12.3. The zero-order valence-corrected chi connectivity index (χ0v) is 23.8. The van der Waals surface area contributed by atoms with Crippen molar-refractivity contribution in [3.63, 3.8) is 0 Å². The molecule has 0 amide bonds. The minimum Gasteiger partial charge on any atom is -0.309 e. The van der Waals surface area contributed by atoms with E-state index in [9.17, 15) is 9.13 Å². The minimum atomic E-state index is -2.87. The summed E-state index contributed by atoms with van der Waals surface area (Å²) in [4.78, 5) is 0.122. The molecule has 1 atom stereocenters. The molecule has 6 nitrogen and oxygen atoms in total. The molecule has 0 aliphatic carbocycles. The lowest BCUT2D eigenvalue weighted by molar-refractivity contribution is 0.220. The van der Waals surface area contributed by atoms with E-state index in [4.69, 9.17) is 18.1 Å². The number of halogens is 4. The fraction of sp³-hybridized carbons (Fsp3) is 0.867. The van der Waals surface area contributed by atoms with Crippen molar-refractivity contribution in [2.75, 3.05) is 44.1 Å². The molecule has 0 spiro atoms. The maximum Gasteiger partial charge on any atom is 0.334 e. The highest BCUT2D eigenvalue weighted by Gasteiger charge is 2.26. The summed E-state index contributed by atoms with van der Waals surface area (Å²) in [6.07, 6.45) is 2.24. The third-order valence-corrected chi connectivity index (χ3v) is 9.24. The Labute approximate surface area is 198 Å². The van der Waals surface area contributed by atoms with Crippen molar-refractivity contribution >= 4 is 75.3 Å². The summed E-state index contributed by atoms with van der Waals surface area (Å²) in [7, 11) is -5.71. The summed E-state index contributed by atoms with van der Waals surface area (Å²) in [6, 6.07) is 0. The molecule has 1 unspecified atom stereocenters. The van der Waals surface area contributed by atoms with Crippen LogP contribution in [0.25, 0.3) is 0 Å². The van der Waals surface area contributed by atoms with Gasteiger partial charge in [-0.3, -0.25) is 9.13 Å². The highest BCUT2D eigenvalue weighted by molar-refractivity contribution is 9.93. The van der Waals surface area contributed by atoms with Gasteiger partial charge in [0.25, 0.3) is 0 Å². The zero-order valence-electron chi connectivity index (χ0n) is 15.7. The Morgan fingerprint density at radius 1 is 0.889 bits per heavy atom. The second kappa shape index (κ2) is 24.2. The molecule has 0 rings (SSSR count). The molecular formula is C15H34Br4O6P2. The lowest BCUT2D eigenvalue weighted by Gasteiger charge is -2.18. The molecule has 0 aliphatic heterocycles. The van der Waals surface area contributed by atoms with Crippen molar-refractivity contribution in [3.8, 4) is 0 Å². The summed E-state index contributed by atoms with van der Waals surface area (Å²) >= 11 is 12.2. The fourth-order valence-corrected chi connectivity index (χ4v) is 6.24. The van der Waals surface area contributed by atoms with Gasteiger partial charge >= 0.3 is 15.2 Å². The molecule has 0 aromatic heterocycles. The van der Waals surface area contributed by atoms with Gasteiger partial charge in [-0.1, -0.05) is 45.4 Å². The number of hydrogen-bond donors (Lipinski definition) is 0. The molecule has 0 bridgehead atoms. The lowest BCUT2D eigenvalue weighted by Crippen LogP contribution is -2.10. The van der Waals surface area contributed by atoms with Crippen LogP contribution in [0.3, 0.4) is 0 Å². The average Bonchev–Trinajstić information content (AvgIpc) is 2.58. The molecule has 0 saturated heterocycles. The van der Waals surface area contributed by atoms with Crippen LogP contribution in [0, 0.1) is 0 Å². The first-order valence-electron chi connectivity index (χ1n) is 7.97. The number of hydrogen-bond acceptors (Lipinski definition) is 6. The standard InChI is InChI=1S/C7H15Br2O3P.C7H15O3P.CH4.Br2/c1-3-11-13(10,12-4-2)6-7(9)5-8;1-4-7-11(8,9-5-2)10-6-3;;1-2/h7H,3-6H2,1-2H3;4H,1,5-7H2,2-3H3;1H4;. The molecule has 0 saturated carbocycles. The Morgan fingerprint density at radius 2 is 1.22 bits per heavy atom. The van der Waals surface area contributed by atoms with E-state index < -0.39 is 15.2 Å². The van der Waals surface area contributed by atoms with Gasteiger partial charge in [0, 0.05) is 38.4 Å². The Morgan fingerprint density at radius 3 is 1.48 bits per heavy atom. The van der Waals surface area contributed by atoms with Crippen molar-refractivity contribution in [2.45, 2.75) is 39.9 Å². The van der Waals surface area contributed by atoms with Crippen LogP contribution >= 0.6 is 75.3 Å². The molecule has 0 aliphatic rings. The first kappa shape index (κ1) is 36.3. The van der Waals surface area contributed by atoms with Crippen LogP contribution in [-0.2, 0) is 27.2 Å². The Bertz CT molecular complexity index is 396. The smallest absolute Gasteiger partial charge is 0.309 e. The molecule has 27 heavy (non-hydrogen) atoms. The summed E-state index contributed by atoms with van der Waals surface area (Å²) in [5, 5.41) is 0.733. The van der Waals surface area contributed by atoms with E-state index in [-0.39, 0.29) is 18.4 Å². The predicted molar refractivity (Wildman–Crippen MR) is 133 cm³/mol. The largest absolute Gasteiger partial charge is 0.334 e. The molecule has 12 heteroatoms. The van der Waals surface area contributed by atoms with E-state index in [0.717, 1.165) is 5.33 Å². The van der Waals surface area contributed by atoms with Gasteiger partial charge in [0.15, 0.2) is 0 Å². The highest BCUT2D eigenvalue weighted by Crippen LogP contribution is 2.49. The van der Waals surface area contributed by atoms with Crippen LogP contribution in [0.15, 0.2) is 12.7 Å². The SMILES string of the molecule is BrBr.C.C=CCP(=O)(OCC)OCC.CCOP(=O)(CC(Br)CBr)OCC. The maximum atomic E-state index is 11.9. The van der Waals surface area contributed by atoms with Crippen molar-refractivity contribution in [1.82, 2.24) is 0 Å². The van der Waals surface area contributed by atoms with Gasteiger partial charge in [0.2, 0.25) is 0 Å². The molecule has 0 heterocycles. The van der Waals surface area contributed by atoms with Gasteiger partial charge in [-0.15, -0.1) is 6.58 Å². The normalized spacial score (nSPS) is 11.9. The van der Waals surface area contributed by atoms with Gasteiger partial charge < -0.3 is 18.1 Å². The van der Waals surface area contributed by atoms with E-state index in [1.807, 2.05) is 13.8 Å². The van der Waals surface area contributed by atoms with E-state index in [1.54, 1.807) is 19.9 Å². The molecule has 168 valence electrons. The first-order valence-corrected chi connectivity index (χ1v) is 17.2. The predicted octanol–water partition coefficient (Wildman–Crippen LogP) is 8.18. The molecular weight excluding hydrogens is 658 g/mol. The number of allylic oxidation sites excluding steroid dienone is 1. The first-order chi connectivity index (χ1) is 12.3. The van der Waals surface area contributed by atoms with Crippen LogP contribution in [0.2, 0.25) is 0 Å². The average molecular weight is 692 g/mol. The molecule has 0 aromatic carbocycles. The Hall–Kier alpha value is 1.96. The lowest BCUT2D eigenvalue weighted by atomic mass is 10.6. The zero-order chi connectivity index (χ0) is 21.1. The monoisotopic (exact) mass is 688 g/mol. The molecule has 0 aromatic rings. The van der Waals surface area contributed by atoms with Gasteiger partial charge in [-0.2, -0.15) is 0 Å². The van der Waals surface area contributed by atoms with Gasteiger partial charge in [0.05, 0.1) is 38.8 Å². The van der Waals surface area contributed by atoms with Gasteiger partial charge in [-0.25, -0.2) is 0 Å². The minimum absolute atomic E-state index is 0. The number of rotatable bonds is 13. The van der Waals surface area contributed by atoms with Gasteiger partial charge in [0.1, 0.15) is 0 Å². The topological polar surface area (TPSA) is 71.1 Å². The van der Waals surface area contributed by atoms with E-state index in [1.165, 1.54) is 0 Å². The quantitative estimate of drug-likeness (QED) is 0.110. The van der Waals surface area contributed by atoms with Crippen molar-refractivity contribution in [1.29, 1.82) is 0 Å². The highest BCUT2D eigenvalue weighted by atomic mass is 80.9. The summed E-state index contributed by atoms with van der Waals surface area (Å²) < 4.78 is 43.6. The number of alkyl halides is 2. The van der Waals surface area contributed by atoms with Gasteiger partial charge in [-0.05, 0) is 27.7 Å². The van der Waals surface area contributed by atoms with Crippen molar-refractivity contribution < 1.29 is 27.2 Å². The fourth-order valence-electron chi connectivity index (χ4n) is 1.52.